The van der Waals surface area contributed by atoms with Crippen LogP contribution in [-0.2, 0) is 28.0 Å². The fourth-order valence-electron chi connectivity index (χ4n) is 5.90. The molecule has 1 aliphatic heterocycles. The summed E-state index contributed by atoms with van der Waals surface area (Å²) in [5.74, 6) is 0.371. The molecule has 0 aromatic heterocycles. The topological polar surface area (TPSA) is 67.9 Å². The molecule has 0 saturated heterocycles. The first-order valence-electron chi connectivity index (χ1n) is 10.8. The second kappa shape index (κ2) is 6.95. The van der Waals surface area contributed by atoms with Gasteiger partial charge in [0.15, 0.2) is 11.5 Å². The molecule has 1 fully saturated rings. The van der Waals surface area contributed by atoms with E-state index in [1.54, 1.807) is 12.0 Å². The Labute approximate surface area is 177 Å². The molecule has 30 heavy (non-hydrogen) atoms. The highest BCUT2D eigenvalue weighted by Gasteiger charge is 2.66. The number of rotatable bonds is 3. The van der Waals surface area contributed by atoms with Crippen LogP contribution < -0.4 is 5.73 Å². The van der Waals surface area contributed by atoms with Gasteiger partial charge < -0.3 is 10.5 Å². The summed E-state index contributed by atoms with van der Waals surface area (Å²) >= 11 is 0. The summed E-state index contributed by atoms with van der Waals surface area (Å²) in [5, 5.41) is 0. The number of methoxy groups -OCH3 is 1. The molecule has 2 N–H and O–H groups in total. The largest absolute Gasteiger partial charge is 0.381 e. The predicted molar refractivity (Wildman–Crippen MR) is 117 cm³/mol. The van der Waals surface area contributed by atoms with Gasteiger partial charge in [0.25, 0.3) is 5.91 Å². The van der Waals surface area contributed by atoms with E-state index in [-0.39, 0.29) is 17.4 Å². The number of aryl methyl sites for hydroxylation is 1. The van der Waals surface area contributed by atoms with Crippen LogP contribution >= 0.6 is 0 Å². The van der Waals surface area contributed by atoms with Crippen LogP contribution in [0.5, 0.6) is 0 Å². The van der Waals surface area contributed by atoms with Crippen molar-refractivity contribution >= 4 is 11.9 Å². The van der Waals surface area contributed by atoms with Crippen LogP contribution in [0.25, 0.3) is 0 Å². The normalized spacial score (nSPS) is 30.2. The second-order valence-electron chi connectivity index (χ2n) is 9.11. The highest BCUT2D eigenvalue weighted by molar-refractivity contribution is 6.08. The lowest BCUT2D eigenvalue weighted by molar-refractivity contribution is -0.138. The number of ether oxygens (including phenoxy) is 1. The van der Waals surface area contributed by atoms with Gasteiger partial charge in [0.1, 0.15) is 0 Å². The van der Waals surface area contributed by atoms with E-state index < -0.39 is 5.54 Å². The number of hydrogen-bond acceptors (Lipinski definition) is 4. The van der Waals surface area contributed by atoms with Crippen molar-refractivity contribution in [3.63, 3.8) is 0 Å². The van der Waals surface area contributed by atoms with E-state index in [1.165, 1.54) is 5.56 Å². The van der Waals surface area contributed by atoms with E-state index in [0.29, 0.717) is 12.5 Å². The van der Waals surface area contributed by atoms with Gasteiger partial charge in [-0.3, -0.25) is 9.69 Å². The Morgan fingerprint density at radius 3 is 2.60 bits per heavy atom. The van der Waals surface area contributed by atoms with Crippen LogP contribution in [0.3, 0.4) is 0 Å². The van der Waals surface area contributed by atoms with Gasteiger partial charge in [0.2, 0.25) is 0 Å². The van der Waals surface area contributed by atoms with Crippen LogP contribution in [0.2, 0.25) is 0 Å². The Morgan fingerprint density at radius 1 is 1.17 bits per heavy atom. The van der Waals surface area contributed by atoms with Gasteiger partial charge in [0, 0.05) is 12.5 Å². The maximum Gasteiger partial charge on any atom is 0.262 e. The summed E-state index contributed by atoms with van der Waals surface area (Å²) < 4.78 is 5.63. The first-order chi connectivity index (χ1) is 14.5. The van der Waals surface area contributed by atoms with Gasteiger partial charge in [-0.05, 0) is 55.7 Å². The average Bonchev–Trinajstić information content (AvgIpc) is 3.16. The third-order valence-electron chi connectivity index (χ3n) is 7.47. The molecule has 3 aliphatic rings. The van der Waals surface area contributed by atoms with E-state index in [1.807, 2.05) is 30.3 Å². The van der Waals surface area contributed by atoms with Gasteiger partial charge in [-0.2, -0.15) is 0 Å². The molecular weight excluding hydrogens is 374 g/mol. The van der Waals surface area contributed by atoms with Crippen molar-refractivity contribution < 1.29 is 9.53 Å². The number of nitrogens with zero attached hydrogens (tertiary/aromatic N) is 2. The van der Waals surface area contributed by atoms with Crippen molar-refractivity contribution in [2.75, 3.05) is 7.11 Å². The van der Waals surface area contributed by atoms with E-state index in [4.69, 9.17) is 15.5 Å². The fraction of sp³-hybridized carbons (Fsp3) is 0.440. The smallest absolute Gasteiger partial charge is 0.262 e. The Balaban J connectivity index is 1.60. The summed E-state index contributed by atoms with van der Waals surface area (Å²) in [6, 6.07) is 16.5. The molecule has 156 valence electrons. The number of carbonyl (C=O) groups is 1. The van der Waals surface area contributed by atoms with Crippen LogP contribution in [0.4, 0.5) is 0 Å². The molecule has 1 unspecified atom stereocenters. The van der Waals surface area contributed by atoms with Crippen LogP contribution in [-0.4, -0.2) is 30.0 Å². The van der Waals surface area contributed by atoms with Gasteiger partial charge >= 0.3 is 0 Å². The van der Waals surface area contributed by atoms with E-state index in [9.17, 15) is 4.79 Å². The lowest BCUT2D eigenvalue weighted by Crippen LogP contribution is -2.52. The quantitative estimate of drug-likeness (QED) is 0.850. The van der Waals surface area contributed by atoms with Gasteiger partial charge in [-0.1, -0.05) is 54.1 Å². The second-order valence-corrected chi connectivity index (χ2v) is 9.11. The summed E-state index contributed by atoms with van der Waals surface area (Å²) in [7, 11) is 1.78. The minimum atomic E-state index is -0.911. The molecule has 2 spiro atoms. The number of fused-ring (bicyclic) bond motifs is 3. The number of guanidine groups is 1. The highest BCUT2D eigenvalue weighted by atomic mass is 16.5. The van der Waals surface area contributed by atoms with Gasteiger partial charge in [-0.15, -0.1) is 0 Å². The molecule has 1 atom stereocenters. The Bertz CT molecular complexity index is 1010. The maximum absolute atomic E-state index is 14.1. The SMILES string of the molecule is COC1CCC2(CC1)Cc1ccc(C)cc1C21N=C(N)N(Cc2ccccc2)C1=O. The lowest BCUT2D eigenvalue weighted by atomic mass is 9.61. The summed E-state index contributed by atoms with van der Waals surface area (Å²) in [5.41, 5.74) is 9.80. The van der Waals surface area contributed by atoms with E-state index >= 15 is 0 Å². The Kier molecular flexibility index (Phi) is 4.47. The third-order valence-corrected chi connectivity index (χ3v) is 7.47. The Morgan fingerprint density at radius 2 is 1.90 bits per heavy atom. The monoisotopic (exact) mass is 403 g/mol. The van der Waals surface area contributed by atoms with Crippen molar-refractivity contribution in [1.82, 2.24) is 4.90 Å². The van der Waals surface area contributed by atoms with Crippen LogP contribution in [0.15, 0.2) is 53.5 Å². The first kappa shape index (κ1) is 19.3. The molecule has 2 aliphatic carbocycles. The number of nitrogens with two attached hydrogens (primary N) is 1. The predicted octanol–water partition coefficient (Wildman–Crippen LogP) is 3.68. The fourth-order valence-corrected chi connectivity index (χ4v) is 5.90. The number of hydrogen-bond donors (Lipinski definition) is 1. The minimum Gasteiger partial charge on any atom is -0.381 e. The highest BCUT2D eigenvalue weighted by Crippen LogP contribution is 2.62. The van der Waals surface area contributed by atoms with E-state index in [2.05, 4.69) is 25.1 Å². The molecule has 1 amide bonds. The number of benzene rings is 2. The van der Waals surface area contributed by atoms with Gasteiger partial charge in [0.05, 0.1) is 12.6 Å². The maximum atomic E-state index is 14.1. The van der Waals surface area contributed by atoms with Crippen LogP contribution in [0.1, 0.15) is 47.9 Å². The number of carbonyl (C=O) groups excluding carboxylic acids is 1. The first-order valence-corrected chi connectivity index (χ1v) is 10.8. The standard InChI is InChI=1S/C25H29N3O2/c1-17-8-9-19-15-24(12-10-20(30-2)11-13-24)25(21(19)14-17)22(29)28(23(26)27-25)16-18-6-4-3-5-7-18/h3-9,14,20H,10-13,15-16H2,1-2H3,(H2,26,27). The molecule has 1 saturated carbocycles. The van der Waals surface area contributed by atoms with Crippen molar-refractivity contribution in [2.45, 2.75) is 57.2 Å². The van der Waals surface area contributed by atoms with Crippen molar-refractivity contribution in [1.29, 1.82) is 0 Å². The molecule has 2 aromatic carbocycles. The molecule has 0 bridgehead atoms. The zero-order chi connectivity index (χ0) is 20.9. The van der Waals surface area contributed by atoms with Crippen molar-refractivity contribution in [3.8, 4) is 0 Å². The van der Waals surface area contributed by atoms with Crippen molar-refractivity contribution in [2.24, 2.45) is 16.1 Å². The zero-order valence-electron chi connectivity index (χ0n) is 17.7. The van der Waals surface area contributed by atoms with E-state index in [0.717, 1.165) is 48.8 Å². The summed E-state index contributed by atoms with van der Waals surface area (Å²) in [6.07, 6.45) is 4.87. The minimum absolute atomic E-state index is 0.0315. The lowest BCUT2D eigenvalue weighted by Gasteiger charge is -2.45. The molecular formula is C25H29N3O2. The molecule has 2 aromatic rings. The van der Waals surface area contributed by atoms with Crippen molar-refractivity contribution in [3.05, 3.63) is 70.8 Å². The molecule has 0 radical (unpaired) electrons. The molecule has 5 nitrogen and oxygen atoms in total. The van der Waals surface area contributed by atoms with Gasteiger partial charge in [-0.25, -0.2) is 4.99 Å². The average molecular weight is 404 g/mol. The summed E-state index contributed by atoms with van der Waals surface area (Å²) in [4.78, 5) is 20.9. The number of aliphatic imine (C=N–C) groups is 1. The summed E-state index contributed by atoms with van der Waals surface area (Å²) in [6.45, 7) is 2.53. The zero-order valence-corrected chi connectivity index (χ0v) is 17.7. The Hall–Kier alpha value is -2.66. The molecule has 1 heterocycles. The third kappa shape index (κ3) is 2.64. The number of amides is 1. The molecule has 5 rings (SSSR count). The van der Waals surface area contributed by atoms with Crippen LogP contribution in [0, 0.1) is 12.3 Å². The molecule has 5 heteroatoms.